The number of nitrogens with zero attached hydrogens (tertiary/aromatic N) is 2. The van der Waals surface area contributed by atoms with Crippen LogP contribution in [-0.4, -0.2) is 27.5 Å². The first-order valence-electron chi connectivity index (χ1n) is 9.83. The van der Waals surface area contributed by atoms with Gasteiger partial charge in [-0.2, -0.15) is 0 Å². The van der Waals surface area contributed by atoms with Crippen molar-refractivity contribution in [3.8, 4) is 5.69 Å². The lowest BCUT2D eigenvalue weighted by Gasteiger charge is -2.28. The summed E-state index contributed by atoms with van der Waals surface area (Å²) in [6.07, 6.45) is 7.28. The van der Waals surface area contributed by atoms with Gasteiger partial charge in [0.2, 0.25) is 5.91 Å². The molecule has 0 radical (unpaired) electrons. The van der Waals surface area contributed by atoms with E-state index in [1.165, 1.54) is 12.8 Å². The number of imidazole rings is 1. The lowest BCUT2D eigenvalue weighted by atomic mass is 9.89. The number of aromatic nitrogens is 2. The Hall–Kier alpha value is -2.08. The molecule has 3 heterocycles. The first-order valence-corrected chi connectivity index (χ1v) is 9.83. The van der Waals surface area contributed by atoms with Gasteiger partial charge in [-0.25, -0.2) is 4.98 Å². The van der Waals surface area contributed by atoms with Crippen LogP contribution in [0.2, 0.25) is 0 Å². The molecule has 0 saturated carbocycles. The minimum Gasteiger partial charge on any atom is -0.326 e. The minimum absolute atomic E-state index is 0. The van der Waals surface area contributed by atoms with Gasteiger partial charge in [0.05, 0.1) is 11.0 Å². The van der Waals surface area contributed by atoms with Gasteiger partial charge in [-0.05, 0) is 68.0 Å². The van der Waals surface area contributed by atoms with Crippen molar-refractivity contribution < 1.29 is 4.79 Å². The molecule has 29 heavy (non-hydrogen) atoms. The SMILES string of the molecule is Cl.Cl.O=C(CC1CC2CCC(C1)N2)Nc1ccc(-n2cnc3ccccc32)cc1. The Morgan fingerprint density at radius 3 is 2.45 bits per heavy atom. The highest BCUT2D eigenvalue weighted by Gasteiger charge is 2.34. The van der Waals surface area contributed by atoms with Gasteiger partial charge in [-0.15, -0.1) is 24.8 Å². The van der Waals surface area contributed by atoms with E-state index in [0.29, 0.717) is 24.4 Å². The predicted molar refractivity (Wildman–Crippen MR) is 121 cm³/mol. The Kier molecular flexibility index (Phi) is 6.83. The Labute approximate surface area is 183 Å². The number of amides is 1. The fourth-order valence-electron chi connectivity index (χ4n) is 4.69. The summed E-state index contributed by atoms with van der Waals surface area (Å²) in [5.41, 5.74) is 3.95. The first-order chi connectivity index (χ1) is 13.2. The van der Waals surface area contributed by atoms with Gasteiger partial charge in [-0.1, -0.05) is 12.1 Å². The summed E-state index contributed by atoms with van der Waals surface area (Å²) in [5.74, 6) is 0.641. The van der Waals surface area contributed by atoms with Crippen LogP contribution in [0.1, 0.15) is 32.1 Å². The third-order valence-electron chi connectivity index (χ3n) is 5.93. The van der Waals surface area contributed by atoms with E-state index in [0.717, 1.165) is 35.2 Å². The van der Waals surface area contributed by atoms with E-state index < -0.39 is 0 Å². The van der Waals surface area contributed by atoms with Crippen LogP contribution in [0.5, 0.6) is 0 Å². The van der Waals surface area contributed by atoms with Gasteiger partial charge in [0.25, 0.3) is 0 Å². The fourth-order valence-corrected chi connectivity index (χ4v) is 4.69. The lowest BCUT2D eigenvalue weighted by molar-refractivity contribution is -0.117. The number of halogens is 2. The average molecular weight is 433 g/mol. The van der Waals surface area contributed by atoms with Gasteiger partial charge in [0, 0.05) is 29.9 Å². The van der Waals surface area contributed by atoms with E-state index in [2.05, 4.69) is 26.3 Å². The molecule has 1 aromatic heterocycles. The van der Waals surface area contributed by atoms with Crippen LogP contribution < -0.4 is 10.6 Å². The third kappa shape index (κ3) is 4.58. The average Bonchev–Trinajstić information content (AvgIpc) is 3.25. The quantitative estimate of drug-likeness (QED) is 0.626. The van der Waals surface area contributed by atoms with E-state index >= 15 is 0 Å². The zero-order chi connectivity index (χ0) is 18.2. The second-order valence-electron chi connectivity index (χ2n) is 7.88. The number of hydrogen-bond donors (Lipinski definition) is 2. The summed E-state index contributed by atoms with van der Waals surface area (Å²) in [6.45, 7) is 0. The van der Waals surface area contributed by atoms with E-state index in [9.17, 15) is 4.79 Å². The summed E-state index contributed by atoms with van der Waals surface area (Å²) in [6, 6.07) is 17.3. The second kappa shape index (κ2) is 9.16. The van der Waals surface area contributed by atoms with Crippen molar-refractivity contribution in [3.63, 3.8) is 0 Å². The van der Waals surface area contributed by atoms with Gasteiger partial charge < -0.3 is 10.6 Å². The molecule has 3 aromatic rings. The van der Waals surface area contributed by atoms with E-state index in [-0.39, 0.29) is 30.7 Å². The molecule has 2 aromatic carbocycles. The van der Waals surface area contributed by atoms with Crippen LogP contribution >= 0.6 is 24.8 Å². The number of rotatable bonds is 4. The van der Waals surface area contributed by atoms with Crippen molar-refractivity contribution in [2.45, 2.75) is 44.2 Å². The van der Waals surface area contributed by atoms with Crippen molar-refractivity contribution in [2.24, 2.45) is 5.92 Å². The fraction of sp³-hybridized carbons (Fsp3) is 0.364. The summed E-state index contributed by atoms with van der Waals surface area (Å²) in [7, 11) is 0. The Bertz CT molecular complexity index is 960. The van der Waals surface area contributed by atoms with Gasteiger partial charge >= 0.3 is 0 Å². The number of anilines is 1. The van der Waals surface area contributed by atoms with Crippen molar-refractivity contribution >= 4 is 47.4 Å². The molecule has 2 unspecified atom stereocenters. The number of hydrogen-bond acceptors (Lipinski definition) is 3. The number of carbonyl (C=O) groups excluding carboxylic acids is 1. The van der Waals surface area contributed by atoms with Crippen LogP contribution in [0.25, 0.3) is 16.7 Å². The summed E-state index contributed by atoms with van der Waals surface area (Å²) >= 11 is 0. The highest BCUT2D eigenvalue weighted by atomic mass is 35.5. The Morgan fingerprint density at radius 2 is 1.72 bits per heavy atom. The molecular formula is C22H26Cl2N4O. The maximum Gasteiger partial charge on any atom is 0.224 e. The van der Waals surface area contributed by atoms with Crippen molar-refractivity contribution in [1.82, 2.24) is 14.9 Å². The zero-order valence-corrected chi connectivity index (χ0v) is 17.7. The molecule has 2 fully saturated rings. The van der Waals surface area contributed by atoms with E-state index in [1.807, 2.05) is 48.8 Å². The maximum atomic E-state index is 12.5. The van der Waals surface area contributed by atoms with Crippen molar-refractivity contribution in [1.29, 1.82) is 0 Å². The number of para-hydroxylation sites is 2. The molecule has 0 aliphatic carbocycles. The largest absolute Gasteiger partial charge is 0.326 e. The Balaban J connectivity index is 0.00000120. The third-order valence-corrected chi connectivity index (χ3v) is 5.93. The smallest absolute Gasteiger partial charge is 0.224 e. The highest BCUT2D eigenvalue weighted by Crippen LogP contribution is 2.32. The normalized spacial score (nSPS) is 22.6. The van der Waals surface area contributed by atoms with Gasteiger partial charge in [-0.3, -0.25) is 9.36 Å². The molecule has 5 nitrogen and oxygen atoms in total. The first kappa shape index (κ1) is 21.6. The van der Waals surface area contributed by atoms with Gasteiger partial charge in [0.15, 0.2) is 0 Å². The van der Waals surface area contributed by atoms with E-state index in [1.54, 1.807) is 0 Å². The maximum absolute atomic E-state index is 12.5. The highest BCUT2D eigenvalue weighted by molar-refractivity contribution is 5.91. The molecule has 7 heteroatoms. The molecule has 2 saturated heterocycles. The van der Waals surface area contributed by atoms with Crippen molar-refractivity contribution in [2.75, 3.05) is 5.32 Å². The molecule has 2 atom stereocenters. The molecule has 2 aliphatic rings. The molecule has 5 rings (SSSR count). The standard InChI is InChI=1S/C22H24N4O.2ClH/c27-22(13-15-11-17-5-6-18(12-15)24-17)25-16-7-9-19(10-8-16)26-14-23-20-3-1-2-4-21(20)26;;/h1-4,7-10,14-15,17-18,24H,5-6,11-13H2,(H,25,27);2*1H. The molecule has 0 spiro atoms. The molecule has 2 N–H and O–H groups in total. The number of nitrogens with one attached hydrogen (secondary N) is 2. The number of benzene rings is 2. The van der Waals surface area contributed by atoms with Crippen LogP contribution in [0, 0.1) is 5.92 Å². The van der Waals surface area contributed by atoms with Crippen molar-refractivity contribution in [3.05, 3.63) is 54.9 Å². The lowest BCUT2D eigenvalue weighted by Crippen LogP contribution is -2.39. The zero-order valence-electron chi connectivity index (χ0n) is 16.1. The summed E-state index contributed by atoms with van der Waals surface area (Å²) in [5, 5.41) is 6.70. The van der Waals surface area contributed by atoms with E-state index in [4.69, 9.17) is 0 Å². The molecule has 2 aliphatic heterocycles. The summed E-state index contributed by atoms with van der Waals surface area (Å²) in [4.78, 5) is 16.9. The molecule has 1 amide bonds. The second-order valence-corrected chi connectivity index (χ2v) is 7.88. The monoisotopic (exact) mass is 432 g/mol. The Morgan fingerprint density at radius 1 is 1.03 bits per heavy atom. The molecular weight excluding hydrogens is 407 g/mol. The molecule has 2 bridgehead atoms. The van der Waals surface area contributed by atoms with Crippen LogP contribution in [0.3, 0.4) is 0 Å². The topological polar surface area (TPSA) is 59.0 Å². The predicted octanol–water partition coefficient (Wildman–Crippen LogP) is 4.73. The van der Waals surface area contributed by atoms with Crippen LogP contribution in [-0.2, 0) is 4.79 Å². The number of piperidine rings is 1. The number of carbonyl (C=O) groups is 1. The summed E-state index contributed by atoms with van der Waals surface area (Å²) < 4.78 is 2.06. The number of fused-ring (bicyclic) bond motifs is 3. The van der Waals surface area contributed by atoms with Gasteiger partial charge in [0.1, 0.15) is 6.33 Å². The van der Waals surface area contributed by atoms with Crippen LogP contribution in [0.15, 0.2) is 54.9 Å². The minimum atomic E-state index is 0. The van der Waals surface area contributed by atoms with Crippen LogP contribution in [0.4, 0.5) is 5.69 Å². The molecule has 154 valence electrons.